The van der Waals surface area contributed by atoms with Crippen LogP contribution in [0.4, 0.5) is 0 Å². The van der Waals surface area contributed by atoms with Crippen LogP contribution in [0.3, 0.4) is 0 Å². The molecule has 0 radical (unpaired) electrons. The number of halogens is 2. The Morgan fingerprint density at radius 1 is 1.33 bits per heavy atom. The minimum atomic E-state index is -1.21. The predicted molar refractivity (Wildman–Crippen MR) is 97.0 cm³/mol. The minimum absolute atomic E-state index is 0.191. The summed E-state index contributed by atoms with van der Waals surface area (Å²) in [7, 11) is 0. The van der Waals surface area contributed by atoms with Crippen molar-refractivity contribution >= 4 is 34.6 Å². The van der Waals surface area contributed by atoms with Crippen LogP contribution in [-0.2, 0) is 22.7 Å². The van der Waals surface area contributed by atoms with Gasteiger partial charge in [-0.25, -0.2) is 4.68 Å². The lowest BCUT2D eigenvalue weighted by atomic mass is 10.1. The van der Waals surface area contributed by atoms with Crippen LogP contribution in [-0.4, -0.2) is 25.7 Å². The molecule has 0 saturated carbocycles. The molecule has 24 heavy (non-hydrogen) atoms. The first-order valence-electron chi connectivity index (χ1n) is 7.56. The van der Waals surface area contributed by atoms with E-state index in [2.05, 4.69) is 9.82 Å². The van der Waals surface area contributed by atoms with Gasteiger partial charge in [0, 0.05) is 16.9 Å². The average Bonchev–Trinajstić information content (AvgIpc) is 2.91. The number of aromatic nitrogens is 2. The molecule has 0 saturated heterocycles. The fraction of sp³-hybridized carbons (Fsp3) is 0.438. The van der Waals surface area contributed by atoms with Crippen LogP contribution in [0.15, 0.2) is 24.4 Å². The highest BCUT2D eigenvalue weighted by Crippen LogP contribution is 2.33. The monoisotopic (exact) mass is 387 g/mol. The third-order valence-electron chi connectivity index (χ3n) is 3.75. The number of hydrogen-bond acceptors (Lipinski definition) is 4. The van der Waals surface area contributed by atoms with Crippen LogP contribution in [0.2, 0.25) is 10.0 Å². The summed E-state index contributed by atoms with van der Waals surface area (Å²) >= 11 is 11.4. The topological polar surface area (TPSA) is 62.1 Å². The van der Waals surface area contributed by atoms with E-state index in [1.165, 1.54) is 0 Å². The van der Waals surface area contributed by atoms with E-state index in [-0.39, 0.29) is 10.8 Å². The molecule has 1 N–H and O–H groups in total. The van der Waals surface area contributed by atoms with E-state index in [0.29, 0.717) is 28.9 Å². The van der Waals surface area contributed by atoms with Gasteiger partial charge in [0.2, 0.25) is 0 Å². The fourth-order valence-corrected chi connectivity index (χ4v) is 3.84. The molecule has 0 bridgehead atoms. The molecule has 2 heterocycles. The molecule has 5 nitrogen and oxygen atoms in total. The summed E-state index contributed by atoms with van der Waals surface area (Å²) in [6.45, 7) is 6.61. The summed E-state index contributed by atoms with van der Waals surface area (Å²) < 4.78 is 22.6. The van der Waals surface area contributed by atoms with Crippen molar-refractivity contribution in [2.45, 2.75) is 38.2 Å². The lowest BCUT2D eigenvalue weighted by molar-refractivity contribution is 0.0843. The highest BCUT2D eigenvalue weighted by Gasteiger charge is 2.34. The molecule has 0 aliphatic carbocycles. The molecule has 1 aromatic heterocycles. The maximum atomic E-state index is 12.4. The van der Waals surface area contributed by atoms with Gasteiger partial charge in [-0.05, 0) is 32.9 Å². The first kappa shape index (κ1) is 18.0. The van der Waals surface area contributed by atoms with E-state index in [9.17, 15) is 4.55 Å². The molecule has 0 amide bonds. The third-order valence-corrected chi connectivity index (χ3v) is 5.98. The molecular formula is C16H19Cl2N3O2S. The molecule has 130 valence electrons. The van der Waals surface area contributed by atoms with Gasteiger partial charge in [0.25, 0.3) is 0 Å². The van der Waals surface area contributed by atoms with E-state index in [4.69, 9.17) is 27.9 Å². The first-order chi connectivity index (χ1) is 11.3. The molecule has 1 aliphatic rings. The van der Waals surface area contributed by atoms with E-state index in [0.717, 1.165) is 11.3 Å². The number of fused-ring (bicyclic) bond motifs is 1. The second-order valence-electron chi connectivity index (χ2n) is 6.60. The van der Waals surface area contributed by atoms with Crippen molar-refractivity contribution in [2.24, 2.45) is 0 Å². The number of rotatable bonds is 3. The second kappa shape index (κ2) is 6.86. The van der Waals surface area contributed by atoms with Crippen molar-refractivity contribution in [3.63, 3.8) is 0 Å². The minimum Gasteiger partial charge on any atom is -0.598 e. The summed E-state index contributed by atoms with van der Waals surface area (Å²) in [5.74, 6) is 0. The smallest absolute Gasteiger partial charge is 0.136 e. The Morgan fingerprint density at radius 3 is 2.62 bits per heavy atom. The van der Waals surface area contributed by atoms with Crippen LogP contribution in [0.5, 0.6) is 0 Å². The van der Waals surface area contributed by atoms with Crippen LogP contribution in [0, 0.1) is 0 Å². The molecular weight excluding hydrogens is 369 g/mol. The number of nitrogens with zero attached hydrogens (tertiary/aromatic N) is 2. The molecule has 8 heteroatoms. The molecule has 0 fully saturated rings. The van der Waals surface area contributed by atoms with Gasteiger partial charge >= 0.3 is 0 Å². The van der Waals surface area contributed by atoms with Gasteiger partial charge in [-0.15, -0.1) is 4.72 Å². The zero-order valence-electron chi connectivity index (χ0n) is 13.7. The zero-order chi connectivity index (χ0) is 17.5. The summed E-state index contributed by atoms with van der Waals surface area (Å²) in [6, 6.07) is 5.14. The van der Waals surface area contributed by atoms with Gasteiger partial charge in [-0.1, -0.05) is 29.3 Å². The van der Waals surface area contributed by atoms with E-state index in [1.807, 2.05) is 20.8 Å². The predicted octanol–water partition coefficient (Wildman–Crippen LogP) is 3.80. The van der Waals surface area contributed by atoms with Gasteiger partial charge in [0.15, 0.2) is 0 Å². The summed E-state index contributed by atoms with van der Waals surface area (Å²) in [5.41, 5.74) is 2.44. The Kier molecular flexibility index (Phi) is 5.16. The van der Waals surface area contributed by atoms with Crippen LogP contribution < -0.4 is 4.72 Å². The quantitative estimate of drug-likeness (QED) is 0.813. The van der Waals surface area contributed by atoms with Gasteiger partial charge in [0.1, 0.15) is 16.5 Å². The van der Waals surface area contributed by atoms with Crippen molar-refractivity contribution in [3.8, 4) is 5.69 Å². The van der Waals surface area contributed by atoms with Crippen molar-refractivity contribution in [1.29, 1.82) is 0 Å². The Hall–Kier alpha value is -0.760. The first-order valence-corrected chi connectivity index (χ1v) is 9.46. The Labute approximate surface area is 154 Å². The normalized spacial score (nSPS) is 19.2. The highest BCUT2D eigenvalue weighted by molar-refractivity contribution is 7.90. The van der Waals surface area contributed by atoms with Crippen LogP contribution in [0.25, 0.3) is 5.69 Å². The highest BCUT2D eigenvalue weighted by atomic mass is 35.5. The molecule has 1 aliphatic heterocycles. The molecule has 0 spiro atoms. The zero-order valence-corrected chi connectivity index (χ0v) is 16.0. The summed E-state index contributed by atoms with van der Waals surface area (Å²) in [6.07, 6.45) is 1.76. The number of para-hydroxylation sites is 1. The Balaban J connectivity index is 1.96. The maximum absolute atomic E-state index is 12.4. The largest absolute Gasteiger partial charge is 0.598 e. The van der Waals surface area contributed by atoms with E-state index < -0.39 is 11.4 Å². The number of benzene rings is 1. The standard InChI is InChI=1S/C16H19Cl2N3O2S/c1-16(2,3)24(22)20-13-8-23-9-14-10(13)7-19-21(14)15-11(17)5-4-6-12(15)18/h4-7,13,20H,8-9H2,1-3H3/t13-,24+/m1/s1. The SMILES string of the molecule is CC(C)(C)[S@+]([O-])N[C@@H]1COCc2c1cnn2-c1c(Cl)cccc1Cl. The number of nitrogens with one attached hydrogen (secondary N) is 1. The molecule has 3 rings (SSSR count). The van der Waals surface area contributed by atoms with Gasteiger partial charge in [-0.3, -0.25) is 0 Å². The Morgan fingerprint density at radius 2 is 2.00 bits per heavy atom. The van der Waals surface area contributed by atoms with Crippen molar-refractivity contribution in [2.75, 3.05) is 6.61 Å². The van der Waals surface area contributed by atoms with Crippen LogP contribution >= 0.6 is 23.2 Å². The van der Waals surface area contributed by atoms with Gasteiger partial charge in [-0.2, -0.15) is 5.10 Å². The molecule has 2 atom stereocenters. The number of ether oxygens (including phenoxy) is 1. The fourth-order valence-electron chi connectivity index (χ4n) is 2.47. The second-order valence-corrected chi connectivity index (χ2v) is 9.41. The molecule has 1 aromatic carbocycles. The van der Waals surface area contributed by atoms with Crippen molar-refractivity contribution in [1.82, 2.24) is 14.5 Å². The van der Waals surface area contributed by atoms with Crippen molar-refractivity contribution < 1.29 is 9.29 Å². The maximum Gasteiger partial charge on any atom is 0.136 e. The average molecular weight is 388 g/mol. The van der Waals surface area contributed by atoms with Gasteiger partial charge in [0.05, 0.1) is 35.1 Å². The van der Waals surface area contributed by atoms with Gasteiger partial charge < -0.3 is 9.29 Å². The molecule has 0 unspecified atom stereocenters. The summed E-state index contributed by atoms with van der Waals surface area (Å²) in [4.78, 5) is 0. The van der Waals surface area contributed by atoms with E-state index >= 15 is 0 Å². The van der Waals surface area contributed by atoms with Crippen LogP contribution in [0.1, 0.15) is 38.1 Å². The number of hydrogen-bond donors (Lipinski definition) is 1. The molecule has 2 aromatic rings. The van der Waals surface area contributed by atoms with Crippen molar-refractivity contribution in [3.05, 3.63) is 45.7 Å². The lowest BCUT2D eigenvalue weighted by Crippen LogP contribution is -2.43. The third kappa shape index (κ3) is 3.45. The Bertz CT molecular complexity index is 725. The summed E-state index contributed by atoms with van der Waals surface area (Å²) in [5, 5.41) is 5.47. The van der Waals surface area contributed by atoms with E-state index in [1.54, 1.807) is 29.1 Å². The lowest BCUT2D eigenvalue weighted by Gasteiger charge is -2.30.